The second-order valence-electron chi connectivity index (χ2n) is 6.54. The first-order valence-electron chi connectivity index (χ1n) is 8.57. The molecule has 1 amide bonds. The first-order chi connectivity index (χ1) is 12.2. The van der Waals surface area contributed by atoms with Crippen molar-refractivity contribution in [2.24, 2.45) is 0 Å². The Hall–Kier alpha value is -2.47. The Balaban J connectivity index is 1.53. The molecule has 1 aromatic carbocycles. The summed E-state index contributed by atoms with van der Waals surface area (Å²) in [6.07, 6.45) is 7.07. The summed E-state index contributed by atoms with van der Waals surface area (Å²) >= 11 is 0. The van der Waals surface area contributed by atoms with Crippen LogP contribution in [0.1, 0.15) is 34.3 Å². The van der Waals surface area contributed by atoms with Gasteiger partial charge >= 0.3 is 0 Å². The standard InChI is InChI=1S/C19H21N3O3/c1-24-16-2-3-17-14(10-16)4-9-25-19(17)5-7-22(8-6-19)18(23)15-11-20-13-21-12-15/h2-3,10-13H,4-9H2,1H3. The summed E-state index contributed by atoms with van der Waals surface area (Å²) in [5.41, 5.74) is 2.79. The lowest BCUT2D eigenvalue weighted by atomic mass is 9.79. The molecule has 0 unspecified atom stereocenters. The smallest absolute Gasteiger partial charge is 0.256 e. The molecule has 0 bridgehead atoms. The maximum atomic E-state index is 12.6. The first-order valence-corrected chi connectivity index (χ1v) is 8.57. The molecule has 6 heteroatoms. The molecule has 3 heterocycles. The van der Waals surface area contributed by atoms with Gasteiger partial charge in [0.05, 0.1) is 24.9 Å². The number of hydrogen-bond donors (Lipinski definition) is 0. The molecule has 1 aromatic heterocycles. The minimum Gasteiger partial charge on any atom is -0.497 e. The second-order valence-corrected chi connectivity index (χ2v) is 6.54. The third-order valence-electron chi connectivity index (χ3n) is 5.22. The molecule has 1 spiro atoms. The summed E-state index contributed by atoms with van der Waals surface area (Å²) in [4.78, 5) is 22.3. The van der Waals surface area contributed by atoms with E-state index in [0.717, 1.165) is 25.0 Å². The van der Waals surface area contributed by atoms with E-state index in [1.807, 2.05) is 11.0 Å². The summed E-state index contributed by atoms with van der Waals surface area (Å²) in [5, 5.41) is 0. The number of likely N-dealkylation sites (tertiary alicyclic amines) is 1. The van der Waals surface area contributed by atoms with Crippen LogP contribution in [0.25, 0.3) is 0 Å². The number of carbonyl (C=O) groups is 1. The lowest BCUT2D eigenvalue weighted by Gasteiger charge is -2.45. The largest absolute Gasteiger partial charge is 0.497 e. The minimum absolute atomic E-state index is 0.0128. The van der Waals surface area contributed by atoms with Crippen LogP contribution >= 0.6 is 0 Å². The topological polar surface area (TPSA) is 64.6 Å². The molecule has 1 saturated heterocycles. The normalized spacial score (nSPS) is 18.7. The minimum atomic E-state index is -0.288. The van der Waals surface area contributed by atoms with Gasteiger partial charge in [-0.1, -0.05) is 6.07 Å². The van der Waals surface area contributed by atoms with Crippen LogP contribution in [0.5, 0.6) is 5.75 Å². The molecule has 0 N–H and O–H groups in total. The number of nitrogens with zero attached hydrogens (tertiary/aromatic N) is 3. The SMILES string of the molecule is COc1ccc2c(c1)CCOC21CCN(C(=O)c2cncnc2)CC1. The van der Waals surface area contributed by atoms with Crippen LogP contribution in [-0.2, 0) is 16.8 Å². The molecule has 2 aromatic rings. The molecule has 25 heavy (non-hydrogen) atoms. The molecule has 0 saturated carbocycles. The van der Waals surface area contributed by atoms with Crippen LogP contribution in [0.3, 0.4) is 0 Å². The van der Waals surface area contributed by atoms with E-state index in [9.17, 15) is 4.79 Å². The van der Waals surface area contributed by atoms with Crippen molar-refractivity contribution < 1.29 is 14.3 Å². The van der Waals surface area contributed by atoms with E-state index in [2.05, 4.69) is 22.1 Å². The van der Waals surface area contributed by atoms with E-state index in [1.165, 1.54) is 17.5 Å². The summed E-state index contributed by atoms with van der Waals surface area (Å²) in [5.74, 6) is 0.869. The fraction of sp³-hybridized carbons (Fsp3) is 0.421. The van der Waals surface area contributed by atoms with Crippen LogP contribution in [-0.4, -0.2) is 47.6 Å². The fourth-order valence-corrected chi connectivity index (χ4v) is 3.86. The Bertz CT molecular complexity index is 771. The van der Waals surface area contributed by atoms with Crippen LogP contribution in [0.2, 0.25) is 0 Å². The monoisotopic (exact) mass is 339 g/mol. The second kappa shape index (κ2) is 6.44. The van der Waals surface area contributed by atoms with E-state index in [0.29, 0.717) is 25.3 Å². The van der Waals surface area contributed by atoms with Gasteiger partial charge in [-0.05, 0) is 42.5 Å². The highest BCUT2D eigenvalue weighted by Crippen LogP contribution is 2.42. The summed E-state index contributed by atoms with van der Waals surface area (Å²) in [6, 6.07) is 6.22. The highest BCUT2D eigenvalue weighted by molar-refractivity contribution is 5.93. The van der Waals surface area contributed by atoms with Gasteiger partial charge in [-0.25, -0.2) is 9.97 Å². The molecule has 0 radical (unpaired) electrons. The van der Waals surface area contributed by atoms with Gasteiger partial charge < -0.3 is 14.4 Å². The van der Waals surface area contributed by atoms with Crippen molar-refractivity contribution >= 4 is 5.91 Å². The van der Waals surface area contributed by atoms with Gasteiger partial charge in [0.2, 0.25) is 0 Å². The maximum Gasteiger partial charge on any atom is 0.256 e. The quantitative estimate of drug-likeness (QED) is 0.839. The first kappa shape index (κ1) is 16.0. The number of ether oxygens (including phenoxy) is 2. The van der Waals surface area contributed by atoms with Gasteiger partial charge in [-0.15, -0.1) is 0 Å². The Labute approximate surface area is 146 Å². The van der Waals surface area contributed by atoms with Gasteiger partial charge in [-0.3, -0.25) is 4.79 Å². The zero-order chi connectivity index (χ0) is 17.3. The van der Waals surface area contributed by atoms with Crippen molar-refractivity contribution in [3.63, 3.8) is 0 Å². The third kappa shape index (κ3) is 2.87. The van der Waals surface area contributed by atoms with Gasteiger partial charge in [-0.2, -0.15) is 0 Å². The van der Waals surface area contributed by atoms with E-state index < -0.39 is 0 Å². The van der Waals surface area contributed by atoms with E-state index in [1.54, 1.807) is 19.5 Å². The lowest BCUT2D eigenvalue weighted by Crippen LogP contribution is -2.48. The van der Waals surface area contributed by atoms with Gasteiger partial charge in [0.25, 0.3) is 5.91 Å². The molecule has 1 fully saturated rings. The number of benzene rings is 1. The van der Waals surface area contributed by atoms with Crippen LogP contribution in [0.4, 0.5) is 0 Å². The Morgan fingerprint density at radius 2 is 2.00 bits per heavy atom. The predicted molar refractivity (Wildman–Crippen MR) is 91.5 cm³/mol. The highest BCUT2D eigenvalue weighted by Gasteiger charge is 2.41. The number of aromatic nitrogens is 2. The van der Waals surface area contributed by atoms with Crippen LogP contribution in [0.15, 0.2) is 36.9 Å². The Morgan fingerprint density at radius 1 is 1.24 bits per heavy atom. The number of hydrogen-bond acceptors (Lipinski definition) is 5. The zero-order valence-corrected chi connectivity index (χ0v) is 14.3. The number of rotatable bonds is 2. The van der Waals surface area contributed by atoms with Crippen molar-refractivity contribution in [2.45, 2.75) is 24.9 Å². The lowest BCUT2D eigenvalue weighted by molar-refractivity contribution is -0.0935. The molecular weight excluding hydrogens is 318 g/mol. The summed E-state index contributed by atoms with van der Waals surface area (Å²) in [7, 11) is 1.69. The van der Waals surface area contributed by atoms with Gasteiger partial charge in [0.15, 0.2) is 0 Å². The van der Waals surface area contributed by atoms with Crippen molar-refractivity contribution in [3.8, 4) is 5.75 Å². The maximum absolute atomic E-state index is 12.6. The molecule has 130 valence electrons. The van der Waals surface area contributed by atoms with E-state index in [-0.39, 0.29) is 11.5 Å². The molecule has 0 aliphatic carbocycles. The Kier molecular flexibility index (Phi) is 4.13. The average Bonchev–Trinajstić information content (AvgIpc) is 2.68. The van der Waals surface area contributed by atoms with Crippen molar-refractivity contribution in [1.82, 2.24) is 14.9 Å². The average molecular weight is 339 g/mol. The number of fused-ring (bicyclic) bond motifs is 2. The molecule has 2 aliphatic heterocycles. The van der Waals surface area contributed by atoms with Crippen molar-refractivity contribution in [1.29, 1.82) is 0 Å². The van der Waals surface area contributed by atoms with Crippen molar-refractivity contribution in [3.05, 3.63) is 53.6 Å². The van der Waals surface area contributed by atoms with Gasteiger partial charge in [0, 0.05) is 25.5 Å². The molecular formula is C19H21N3O3. The molecule has 0 atom stereocenters. The number of piperidine rings is 1. The Morgan fingerprint density at radius 3 is 2.72 bits per heavy atom. The van der Waals surface area contributed by atoms with E-state index >= 15 is 0 Å². The van der Waals surface area contributed by atoms with Crippen molar-refractivity contribution in [2.75, 3.05) is 26.8 Å². The van der Waals surface area contributed by atoms with Gasteiger partial charge in [0.1, 0.15) is 12.1 Å². The number of carbonyl (C=O) groups excluding carboxylic acids is 1. The van der Waals surface area contributed by atoms with Crippen LogP contribution < -0.4 is 4.74 Å². The number of amides is 1. The predicted octanol–water partition coefficient (Wildman–Crippen LogP) is 2.19. The molecule has 6 nitrogen and oxygen atoms in total. The zero-order valence-electron chi connectivity index (χ0n) is 14.3. The molecule has 2 aliphatic rings. The highest BCUT2D eigenvalue weighted by atomic mass is 16.5. The van der Waals surface area contributed by atoms with Crippen LogP contribution in [0, 0.1) is 0 Å². The van der Waals surface area contributed by atoms with E-state index in [4.69, 9.17) is 9.47 Å². The third-order valence-corrected chi connectivity index (χ3v) is 5.22. The summed E-state index contributed by atoms with van der Waals surface area (Å²) in [6.45, 7) is 2.04. The molecule has 4 rings (SSSR count). The summed E-state index contributed by atoms with van der Waals surface area (Å²) < 4.78 is 11.6. The number of methoxy groups -OCH3 is 1. The fourth-order valence-electron chi connectivity index (χ4n) is 3.86.